The van der Waals surface area contributed by atoms with Crippen molar-refractivity contribution < 1.29 is 24.0 Å². The van der Waals surface area contributed by atoms with Crippen LogP contribution in [0.25, 0.3) is 0 Å². The summed E-state index contributed by atoms with van der Waals surface area (Å²) in [5.74, 6) is -0.493. The molecule has 0 aliphatic carbocycles. The zero-order chi connectivity index (χ0) is 21.1. The van der Waals surface area contributed by atoms with Gasteiger partial charge in [0.2, 0.25) is 5.91 Å². The number of rotatable bonds is 11. The maximum Gasteiger partial charge on any atom is 0.338 e. The van der Waals surface area contributed by atoms with Gasteiger partial charge in [-0.1, -0.05) is 31.5 Å². The van der Waals surface area contributed by atoms with E-state index in [0.717, 1.165) is 12.8 Å². The number of hydrogen-bond donors (Lipinski definition) is 1. The van der Waals surface area contributed by atoms with Crippen molar-refractivity contribution in [3.63, 3.8) is 0 Å². The second-order valence-electron chi connectivity index (χ2n) is 6.30. The second-order valence-corrected chi connectivity index (χ2v) is 6.30. The molecule has 2 aromatic rings. The summed E-state index contributed by atoms with van der Waals surface area (Å²) in [5.41, 5.74) is 0.762. The van der Waals surface area contributed by atoms with Crippen LogP contribution in [-0.2, 0) is 9.53 Å². The first kappa shape index (κ1) is 21.9. The van der Waals surface area contributed by atoms with Crippen LogP contribution in [0.3, 0.4) is 0 Å². The highest BCUT2D eigenvalue weighted by Crippen LogP contribution is 2.25. The fraction of sp³-hybridized carbons (Fsp3) is 0.333. The van der Waals surface area contributed by atoms with Crippen LogP contribution in [0.1, 0.15) is 43.0 Å². The van der Waals surface area contributed by atoms with Crippen molar-refractivity contribution in [2.24, 2.45) is 0 Å². The standard InChI is InChI=1S/C21H24N2O6/c1-2-3-13-29-21(25)16-8-6-9-17(15-16)22-20(24)12-7-14-28-19-11-5-4-10-18(19)23(26)27/h4-6,8-11,15H,2-3,7,12-14H2,1H3,(H,22,24). The van der Waals surface area contributed by atoms with Crippen LogP contribution >= 0.6 is 0 Å². The highest BCUT2D eigenvalue weighted by molar-refractivity contribution is 5.94. The lowest BCUT2D eigenvalue weighted by molar-refractivity contribution is -0.385. The maximum absolute atomic E-state index is 12.1. The number of benzene rings is 2. The Morgan fingerprint density at radius 1 is 1.07 bits per heavy atom. The zero-order valence-corrected chi connectivity index (χ0v) is 16.3. The minimum atomic E-state index is -0.512. The van der Waals surface area contributed by atoms with Crippen LogP contribution in [0.4, 0.5) is 11.4 Å². The monoisotopic (exact) mass is 400 g/mol. The van der Waals surface area contributed by atoms with Gasteiger partial charge in [0.1, 0.15) is 0 Å². The molecule has 1 amide bonds. The molecule has 0 bridgehead atoms. The highest BCUT2D eigenvalue weighted by Gasteiger charge is 2.14. The number of nitro groups is 1. The fourth-order valence-electron chi connectivity index (χ4n) is 2.48. The molecule has 0 fully saturated rings. The van der Waals surface area contributed by atoms with Crippen LogP contribution < -0.4 is 10.1 Å². The molecule has 8 heteroatoms. The Kier molecular flexibility index (Phi) is 8.62. The van der Waals surface area contributed by atoms with E-state index in [1.54, 1.807) is 36.4 Å². The molecule has 0 aliphatic heterocycles. The lowest BCUT2D eigenvalue weighted by Gasteiger charge is -2.09. The van der Waals surface area contributed by atoms with Crippen LogP contribution in [0.15, 0.2) is 48.5 Å². The molecule has 2 aromatic carbocycles. The number of carbonyl (C=O) groups is 2. The molecule has 0 heterocycles. The van der Waals surface area contributed by atoms with Crippen LogP contribution in [0, 0.1) is 10.1 Å². The van der Waals surface area contributed by atoms with Gasteiger partial charge < -0.3 is 14.8 Å². The SMILES string of the molecule is CCCCOC(=O)c1cccc(NC(=O)CCCOc2ccccc2[N+](=O)[O-])c1. The van der Waals surface area contributed by atoms with Crippen molar-refractivity contribution in [2.75, 3.05) is 18.5 Å². The zero-order valence-electron chi connectivity index (χ0n) is 16.3. The van der Waals surface area contributed by atoms with Gasteiger partial charge in [-0.05, 0) is 37.1 Å². The Morgan fingerprint density at radius 2 is 1.86 bits per heavy atom. The lowest BCUT2D eigenvalue weighted by atomic mass is 10.2. The topological polar surface area (TPSA) is 108 Å². The molecule has 0 spiro atoms. The first-order valence-electron chi connectivity index (χ1n) is 9.44. The summed E-state index contributed by atoms with van der Waals surface area (Å²) in [6, 6.07) is 12.6. The van der Waals surface area contributed by atoms with Gasteiger partial charge in [-0.15, -0.1) is 0 Å². The molecule has 2 rings (SSSR count). The number of esters is 1. The molecule has 0 atom stereocenters. The van der Waals surface area contributed by atoms with Gasteiger partial charge in [-0.25, -0.2) is 4.79 Å². The predicted octanol–water partition coefficient (Wildman–Crippen LogP) is 4.35. The van der Waals surface area contributed by atoms with Crippen LogP contribution in [-0.4, -0.2) is 30.0 Å². The second kappa shape index (κ2) is 11.4. The summed E-state index contributed by atoms with van der Waals surface area (Å²) in [5, 5.41) is 13.7. The van der Waals surface area contributed by atoms with E-state index in [1.165, 1.54) is 12.1 Å². The van der Waals surface area contributed by atoms with Crippen molar-refractivity contribution in [2.45, 2.75) is 32.6 Å². The molecule has 0 aliphatic rings. The average molecular weight is 400 g/mol. The third kappa shape index (κ3) is 7.25. The molecule has 0 saturated heterocycles. The molecule has 0 radical (unpaired) electrons. The van der Waals surface area contributed by atoms with Gasteiger partial charge in [-0.3, -0.25) is 14.9 Å². The van der Waals surface area contributed by atoms with Crippen LogP contribution in [0.2, 0.25) is 0 Å². The van der Waals surface area contributed by atoms with E-state index in [0.29, 0.717) is 24.3 Å². The largest absolute Gasteiger partial charge is 0.487 e. The molecular formula is C21H24N2O6. The number of carbonyl (C=O) groups excluding carboxylic acids is 2. The van der Waals surface area contributed by atoms with E-state index in [1.807, 2.05) is 6.92 Å². The lowest BCUT2D eigenvalue weighted by Crippen LogP contribution is -2.14. The number of para-hydroxylation sites is 2. The minimum absolute atomic E-state index is 0.111. The average Bonchev–Trinajstić information content (AvgIpc) is 2.71. The Bertz CT molecular complexity index is 853. The number of hydrogen-bond acceptors (Lipinski definition) is 6. The molecule has 0 saturated carbocycles. The Morgan fingerprint density at radius 3 is 2.62 bits per heavy atom. The summed E-state index contributed by atoms with van der Waals surface area (Å²) in [7, 11) is 0. The summed E-state index contributed by atoms with van der Waals surface area (Å²) in [6.07, 6.45) is 2.30. The predicted molar refractivity (Wildman–Crippen MR) is 108 cm³/mol. The fourth-order valence-corrected chi connectivity index (χ4v) is 2.48. The number of anilines is 1. The first-order valence-corrected chi connectivity index (χ1v) is 9.44. The molecule has 1 N–H and O–H groups in total. The molecular weight excluding hydrogens is 376 g/mol. The summed E-state index contributed by atoms with van der Waals surface area (Å²) < 4.78 is 10.6. The van der Waals surface area contributed by atoms with E-state index in [-0.39, 0.29) is 30.4 Å². The van der Waals surface area contributed by atoms with Crippen molar-refractivity contribution >= 4 is 23.3 Å². The Hall–Kier alpha value is -3.42. The number of nitrogens with zero attached hydrogens (tertiary/aromatic N) is 1. The van der Waals surface area contributed by atoms with Gasteiger partial charge in [0, 0.05) is 18.2 Å². The number of unbranched alkanes of at least 4 members (excludes halogenated alkanes) is 1. The quantitative estimate of drug-likeness (QED) is 0.260. The normalized spacial score (nSPS) is 10.2. The van der Waals surface area contributed by atoms with Gasteiger partial charge in [0.25, 0.3) is 0 Å². The van der Waals surface area contributed by atoms with Crippen LogP contribution in [0.5, 0.6) is 5.75 Å². The van der Waals surface area contributed by atoms with Crippen molar-refractivity contribution in [1.82, 2.24) is 0 Å². The van der Waals surface area contributed by atoms with Crippen molar-refractivity contribution in [3.05, 3.63) is 64.2 Å². The summed E-state index contributed by atoms with van der Waals surface area (Å²) >= 11 is 0. The molecule has 0 unspecified atom stereocenters. The van der Waals surface area contributed by atoms with Gasteiger partial charge in [0.05, 0.1) is 23.7 Å². The summed E-state index contributed by atoms with van der Waals surface area (Å²) in [6.45, 7) is 2.55. The van der Waals surface area contributed by atoms with E-state index >= 15 is 0 Å². The van der Waals surface area contributed by atoms with Gasteiger partial charge >= 0.3 is 11.7 Å². The molecule has 29 heavy (non-hydrogen) atoms. The van der Waals surface area contributed by atoms with Crippen molar-refractivity contribution in [1.29, 1.82) is 0 Å². The van der Waals surface area contributed by atoms with E-state index < -0.39 is 10.9 Å². The van der Waals surface area contributed by atoms with Crippen molar-refractivity contribution in [3.8, 4) is 5.75 Å². The van der Waals surface area contributed by atoms with Gasteiger partial charge in [-0.2, -0.15) is 0 Å². The molecule has 8 nitrogen and oxygen atoms in total. The third-order valence-corrected chi connectivity index (χ3v) is 3.98. The molecule has 0 aromatic heterocycles. The highest BCUT2D eigenvalue weighted by atomic mass is 16.6. The Labute approximate surface area is 169 Å². The Balaban J connectivity index is 1.79. The van der Waals surface area contributed by atoms with E-state index in [9.17, 15) is 19.7 Å². The first-order chi connectivity index (χ1) is 14.0. The minimum Gasteiger partial charge on any atom is -0.487 e. The smallest absolute Gasteiger partial charge is 0.338 e. The number of nitro benzene ring substituents is 1. The number of amides is 1. The summed E-state index contributed by atoms with van der Waals surface area (Å²) in [4.78, 5) is 34.5. The van der Waals surface area contributed by atoms with E-state index in [4.69, 9.17) is 9.47 Å². The van der Waals surface area contributed by atoms with Gasteiger partial charge in [0.15, 0.2) is 5.75 Å². The maximum atomic E-state index is 12.1. The number of ether oxygens (including phenoxy) is 2. The molecule has 154 valence electrons. The number of nitrogens with one attached hydrogen (secondary N) is 1. The third-order valence-electron chi connectivity index (χ3n) is 3.98. The van der Waals surface area contributed by atoms with E-state index in [2.05, 4.69) is 5.32 Å².